The highest BCUT2D eigenvalue weighted by Gasteiger charge is 2.25. The van der Waals surface area contributed by atoms with E-state index in [1.807, 2.05) is 47.7 Å². The number of aromatic nitrogens is 4. The van der Waals surface area contributed by atoms with E-state index in [9.17, 15) is 0 Å². The van der Waals surface area contributed by atoms with Crippen molar-refractivity contribution in [2.24, 2.45) is 0 Å². The van der Waals surface area contributed by atoms with Crippen molar-refractivity contribution in [3.8, 4) is 62.1 Å². The summed E-state index contributed by atoms with van der Waals surface area (Å²) in [6, 6.07) is 73.3. The molecule has 0 amide bonds. The molecule has 0 aliphatic carbocycles. The highest BCUT2D eigenvalue weighted by molar-refractivity contribution is 7.27. The van der Waals surface area contributed by atoms with Crippen LogP contribution in [0.1, 0.15) is 0 Å². The molecule has 0 unspecified atom stereocenters. The lowest BCUT2D eigenvalue weighted by Gasteiger charge is -2.12. The second kappa shape index (κ2) is 14.0. The molecular weight excluding hydrogens is 749 g/mol. The van der Waals surface area contributed by atoms with E-state index in [0.717, 1.165) is 38.5 Å². The van der Waals surface area contributed by atoms with Gasteiger partial charge in [0.25, 0.3) is 0 Å². The van der Waals surface area contributed by atoms with Gasteiger partial charge in [-0.25, -0.2) is 4.98 Å². The fourth-order valence-corrected chi connectivity index (χ4v) is 10.2. The first-order chi connectivity index (χ1) is 29.7. The van der Waals surface area contributed by atoms with E-state index in [4.69, 9.17) is 15.0 Å². The standard InChI is InChI=1S/C55H34N4S/c1-5-16-35(17-6-1)41-30-31-48-46(33-41)47-34-45(42-29-28-36-18-13-14-25-40(36)32-42)52-49(44-27-15-26-43(51(44)60-52)37-19-7-2-8-20-37)50(47)59(48)55-57-53(38-21-9-3-10-22-38)56-54(58-55)39-23-11-4-12-24-39/h1-34H. The summed E-state index contributed by atoms with van der Waals surface area (Å²) in [6.45, 7) is 0. The molecule has 0 radical (unpaired) electrons. The molecule has 0 aliphatic heterocycles. The van der Waals surface area contributed by atoms with Crippen molar-refractivity contribution in [3.63, 3.8) is 0 Å². The zero-order valence-electron chi connectivity index (χ0n) is 32.3. The van der Waals surface area contributed by atoms with Crippen molar-refractivity contribution in [2.75, 3.05) is 0 Å². The highest BCUT2D eigenvalue weighted by atomic mass is 32.1. The topological polar surface area (TPSA) is 43.6 Å². The van der Waals surface area contributed by atoms with Gasteiger partial charge in [0.05, 0.1) is 11.0 Å². The summed E-state index contributed by atoms with van der Waals surface area (Å²) in [5, 5.41) is 7.12. The Hall–Kier alpha value is -7.73. The third-order valence-electron chi connectivity index (χ3n) is 11.6. The minimum absolute atomic E-state index is 0.577. The Morgan fingerprint density at radius 2 is 0.950 bits per heavy atom. The molecule has 0 spiro atoms. The van der Waals surface area contributed by atoms with E-state index in [0.29, 0.717) is 17.6 Å². The zero-order chi connectivity index (χ0) is 39.6. The van der Waals surface area contributed by atoms with Gasteiger partial charge in [0.15, 0.2) is 11.6 Å². The summed E-state index contributed by atoms with van der Waals surface area (Å²) in [7, 11) is 0. The van der Waals surface area contributed by atoms with Gasteiger partial charge < -0.3 is 0 Å². The van der Waals surface area contributed by atoms with Crippen LogP contribution >= 0.6 is 11.3 Å². The van der Waals surface area contributed by atoms with Gasteiger partial charge in [-0.3, -0.25) is 4.57 Å². The molecule has 280 valence electrons. The lowest BCUT2D eigenvalue weighted by atomic mass is 9.95. The first kappa shape index (κ1) is 34.3. The first-order valence-corrected chi connectivity index (χ1v) is 21.0. The molecule has 3 heterocycles. The average molecular weight is 783 g/mol. The third-order valence-corrected chi connectivity index (χ3v) is 12.9. The molecule has 9 aromatic carbocycles. The number of hydrogen-bond donors (Lipinski definition) is 0. The lowest BCUT2D eigenvalue weighted by Crippen LogP contribution is -2.06. The van der Waals surface area contributed by atoms with Crippen LogP contribution in [0.25, 0.3) is 115 Å². The fourth-order valence-electron chi connectivity index (χ4n) is 8.79. The smallest absolute Gasteiger partial charge is 0.238 e. The number of benzene rings is 9. The van der Waals surface area contributed by atoms with Gasteiger partial charge in [0.1, 0.15) is 0 Å². The summed E-state index contributed by atoms with van der Waals surface area (Å²) < 4.78 is 4.78. The Morgan fingerprint density at radius 1 is 0.350 bits per heavy atom. The van der Waals surface area contributed by atoms with E-state index in [2.05, 4.69) is 174 Å². The van der Waals surface area contributed by atoms with Crippen LogP contribution < -0.4 is 0 Å². The molecule has 4 nitrogen and oxygen atoms in total. The average Bonchev–Trinajstić information content (AvgIpc) is 3.88. The van der Waals surface area contributed by atoms with Crippen LogP contribution in [-0.4, -0.2) is 19.5 Å². The van der Waals surface area contributed by atoms with Gasteiger partial charge in [-0.2, -0.15) is 9.97 Å². The maximum atomic E-state index is 5.35. The molecular formula is C55H34N4S. The van der Waals surface area contributed by atoms with E-state index >= 15 is 0 Å². The molecule has 5 heteroatoms. The predicted octanol–water partition coefficient (Wildman–Crippen LogP) is 14.8. The number of nitrogens with zero attached hydrogens (tertiary/aromatic N) is 4. The molecule has 0 saturated carbocycles. The summed E-state index contributed by atoms with van der Waals surface area (Å²) in [5.74, 6) is 1.83. The Balaban J connectivity index is 1.27. The maximum Gasteiger partial charge on any atom is 0.238 e. The van der Waals surface area contributed by atoms with Crippen LogP contribution in [0.2, 0.25) is 0 Å². The van der Waals surface area contributed by atoms with Gasteiger partial charge in [-0.05, 0) is 62.9 Å². The largest absolute Gasteiger partial charge is 0.277 e. The normalized spacial score (nSPS) is 11.7. The Bertz CT molecular complexity index is 3520. The van der Waals surface area contributed by atoms with Gasteiger partial charge >= 0.3 is 0 Å². The first-order valence-electron chi connectivity index (χ1n) is 20.2. The molecule has 12 aromatic rings. The molecule has 0 fully saturated rings. The maximum absolute atomic E-state index is 5.35. The van der Waals surface area contributed by atoms with E-state index in [-0.39, 0.29) is 0 Å². The Labute approximate surface area is 350 Å². The number of thiophene rings is 1. The van der Waals surface area contributed by atoms with Crippen LogP contribution in [-0.2, 0) is 0 Å². The summed E-state index contributed by atoms with van der Waals surface area (Å²) in [4.78, 5) is 15.8. The quantitative estimate of drug-likeness (QED) is 0.169. The van der Waals surface area contributed by atoms with Gasteiger partial charge in [0.2, 0.25) is 5.95 Å². The van der Waals surface area contributed by atoms with Crippen LogP contribution in [0.5, 0.6) is 0 Å². The molecule has 0 N–H and O–H groups in total. The van der Waals surface area contributed by atoms with Gasteiger partial charge in [-0.1, -0.05) is 182 Å². The number of fused-ring (bicyclic) bond motifs is 8. The van der Waals surface area contributed by atoms with Gasteiger partial charge in [-0.15, -0.1) is 11.3 Å². The molecule has 3 aromatic heterocycles. The van der Waals surface area contributed by atoms with Crippen molar-refractivity contribution in [2.45, 2.75) is 0 Å². The van der Waals surface area contributed by atoms with E-state index in [1.54, 1.807) is 0 Å². The molecule has 12 rings (SSSR count). The number of rotatable bonds is 6. The van der Waals surface area contributed by atoms with Crippen LogP contribution in [0.4, 0.5) is 0 Å². The molecule has 0 bridgehead atoms. The highest BCUT2D eigenvalue weighted by Crippen LogP contribution is 2.50. The van der Waals surface area contributed by atoms with Crippen molar-refractivity contribution in [1.82, 2.24) is 19.5 Å². The Kier molecular flexibility index (Phi) is 8.00. The SMILES string of the molecule is c1ccc(-c2ccc3c(c2)c2cc(-c4ccc5ccccc5c4)c4sc5c(-c6ccccc6)cccc5c4c2n3-c2nc(-c3ccccc3)nc(-c3ccccc3)n2)cc1. The third kappa shape index (κ3) is 5.63. The lowest BCUT2D eigenvalue weighted by molar-refractivity contribution is 0.955. The Morgan fingerprint density at radius 3 is 1.63 bits per heavy atom. The van der Waals surface area contributed by atoms with Crippen LogP contribution in [0.3, 0.4) is 0 Å². The van der Waals surface area contributed by atoms with Crippen molar-refractivity contribution in [1.29, 1.82) is 0 Å². The second-order valence-electron chi connectivity index (χ2n) is 15.2. The molecule has 0 saturated heterocycles. The van der Waals surface area contributed by atoms with Crippen molar-refractivity contribution in [3.05, 3.63) is 206 Å². The number of hydrogen-bond acceptors (Lipinski definition) is 4. The van der Waals surface area contributed by atoms with Crippen LogP contribution in [0.15, 0.2) is 206 Å². The van der Waals surface area contributed by atoms with E-state index in [1.165, 1.54) is 58.8 Å². The minimum atomic E-state index is 0.577. The monoisotopic (exact) mass is 782 g/mol. The predicted molar refractivity (Wildman–Crippen MR) is 252 cm³/mol. The van der Waals surface area contributed by atoms with Crippen LogP contribution in [0, 0.1) is 0 Å². The van der Waals surface area contributed by atoms with Crippen molar-refractivity contribution >= 4 is 64.1 Å². The molecule has 60 heavy (non-hydrogen) atoms. The van der Waals surface area contributed by atoms with Crippen molar-refractivity contribution < 1.29 is 0 Å². The van der Waals surface area contributed by atoms with Gasteiger partial charge in [0, 0.05) is 47.6 Å². The molecule has 0 aliphatic rings. The minimum Gasteiger partial charge on any atom is -0.277 e. The summed E-state index contributed by atoms with van der Waals surface area (Å²) in [5.41, 5.74) is 11.1. The fraction of sp³-hybridized carbons (Fsp3) is 0. The second-order valence-corrected chi connectivity index (χ2v) is 16.2. The zero-order valence-corrected chi connectivity index (χ0v) is 33.1. The summed E-state index contributed by atoms with van der Waals surface area (Å²) in [6.07, 6.45) is 0. The summed E-state index contributed by atoms with van der Waals surface area (Å²) >= 11 is 1.87. The van der Waals surface area contributed by atoms with E-state index < -0.39 is 0 Å². The molecule has 0 atom stereocenters.